The maximum Gasteiger partial charge on any atom is 0.141 e. The number of hydrogen-bond acceptors (Lipinski definition) is 4. The second kappa shape index (κ2) is 5.08. The largest absolute Gasteiger partial charge is 0.381 e. The Bertz CT molecular complexity index is 381. The van der Waals surface area contributed by atoms with Crippen LogP contribution in [0.4, 0.5) is 4.39 Å². The van der Waals surface area contributed by atoms with Gasteiger partial charge in [-0.05, 0) is 11.6 Å². The molecule has 0 bridgehead atoms. The first-order chi connectivity index (χ1) is 8.18. The van der Waals surface area contributed by atoms with Gasteiger partial charge in [0.2, 0.25) is 0 Å². The lowest BCUT2D eigenvalue weighted by molar-refractivity contribution is -0.105. The predicted octanol–water partition coefficient (Wildman–Crippen LogP) is 1.42. The molecule has 1 aliphatic rings. The maximum atomic E-state index is 13.1. The number of nitrogens with two attached hydrogens (primary N) is 1. The lowest BCUT2D eigenvalue weighted by Crippen LogP contribution is -2.47. The molecule has 1 atom stereocenters. The zero-order valence-electron chi connectivity index (χ0n) is 9.86. The highest BCUT2D eigenvalue weighted by Crippen LogP contribution is 2.35. The van der Waals surface area contributed by atoms with E-state index in [1.165, 1.54) is 12.3 Å². The first kappa shape index (κ1) is 12.4. The lowest BCUT2D eigenvalue weighted by Gasteiger charge is -2.40. The van der Waals surface area contributed by atoms with Gasteiger partial charge in [0.05, 0.1) is 17.8 Å². The second-order valence-electron chi connectivity index (χ2n) is 4.30. The predicted molar refractivity (Wildman–Crippen MR) is 60.9 cm³/mol. The molecule has 1 aromatic heterocycles. The zero-order chi connectivity index (χ0) is 12.3. The van der Waals surface area contributed by atoms with E-state index in [1.807, 2.05) is 0 Å². The summed E-state index contributed by atoms with van der Waals surface area (Å²) in [5, 5.41) is 0. The van der Waals surface area contributed by atoms with Crippen LogP contribution < -0.4 is 5.73 Å². The van der Waals surface area contributed by atoms with Crippen LogP contribution in [0.1, 0.15) is 24.4 Å². The minimum absolute atomic E-state index is 0.378. The second-order valence-corrected chi connectivity index (χ2v) is 4.30. The van der Waals surface area contributed by atoms with E-state index < -0.39 is 5.60 Å². The molecule has 0 amide bonds. The van der Waals surface area contributed by atoms with Gasteiger partial charge >= 0.3 is 0 Å². The van der Waals surface area contributed by atoms with Crippen molar-refractivity contribution in [3.05, 3.63) is 29.8 Å². The molecule has 0 aliphatic carbocycles. The van der Waals surface area contributed by atoms with Gasteiger partial charge in [0.1, 0.15) is 5.82 Å². The van der Waals surface area contributed by atoms with Gasteiger partial charge in [-0.1, -0.05) is 0 Å². The molecule has 0 spiro atoms. The number of methoxy groups -OCH3 is 1. The van der Waals surface area contributed by atoms with Crippen molar-refractivity contribution in [1.29, 1.82) is 0 Å². The summed E-state index contributed by atoms with van der Waals surface area (Å²) in [4.78, 5) is 3.82. The third-order valence-electron chi connectivity index (χ3n) is 3.40. The number of halogens is 1. The van der Waals surface area contributed by atoms with Gasteiger partial charge in [-0.3, -0.25) is 4.98 Å². The summed E-state index contributed by atoms with van der Waals surface area (Å²) in [6, 6.07) is 1.02. The Morgan fingerprint density at radius 2 is 2.18 bits per heavy atom. The molecule has 0 aromatic carbocycles. The van der Waals surface area contributed by atoms with Crippen LogP contribution in [0.5, 0.6) is 0 Å². The number of rotatable bonds is 3. The van der Waals surface area contributed by atoms with E-state index in [4.69, 9.17) is 15.2 Å². The fourth-order valence-corrected chi connectivity index (χ4v) is 2.26. The quantitative estimate of drug-likeness (QED) is 0.868. The topological polar surface area (TPSA) is 57.4 Å². The molecule has 2 N–H and O–H groups in total. The van der Waals surface area contributed by atoms with E-state index in [2.05, 4.69) is 4.98 Å². The molecule has 0 radical (unpaired) electrons. The minimum Gasteiger partial charge on any atom is -0.381 e. The van der Waals surface area contributed by atoms with Gasteiger partial charge in [0, 0.05) is 39.4 Å². The van der Waals surface area contributed by atoms with E-state index in [-0.39, 0.29) is 11.9 Å². The third-order valence-corrected chi connectivity index (χ3v) is 3.40. The highest BCUT2D eigenvalue weighted by molar-refractivity contribution is 5.19. The average Bonchev–Trinajstić information content (AvgIpc) is 2.38. The lowest BCUT2D eigenvalue weighted by atomic mass is 9.83. The van der Waals surface area contributed by atoms with E-state index in [0.29, 0.717) is 31.6 Å². The van der Waals surface area contributed by atoms with Crippen molar-refractivity contribution in [3.8, 4) is 0 Å². The van der Waals surface area contributed by atoms with E-state index in [9.17, 15) is 4.39 Å². The van der Waals surface area contributed by atoms with Crippen LogP contribution in [-0.4, -0.2) is 30.9 Å². The monoisotopic (exact) mass is 240 g/mol. The van der Waals surface area contributed by atoms with Gasteiger partial charge in [0.15, 0.2) is 0 Å². The molecule has 94 valence electrons. The molecule has 5 heteroatoms. The van der Waals surface area contributed by atoms with Gasteiger partial charge < -0.3 is 15.2 Å². The smallest absolute Gasteiger partial charge is 0.141 e. The Morgan fingerprint density at radius 1 is 1.47 bits per heavy atom. The molecule has 1 saturated heterocycles. The summed E-state index contributed by atoms with van der Waals surface area (Å²) in [7, 11) is 1.64. The number of pyridine rings is 1. The summed E-state index contributed by atoms with van der Waals surface area (Å²) in [5.74, 6) is -0.378. The van der Waals surface area contributed by atoms with Crippen LogP contribution in [0, 0.1) is 5.82 Å². The number of ether oxygens (including phenoxy) is 2. The molecule has 1 unspecified atom stereocenters. The van der Waals surface area contributed by atoms with Crippen LogP contribution in [0.15, 0.2) is 18.5 Å². The third kappa shape index (κ3) is 2.46. The average molecular weight is 240 g/mol. The van der Waals surface area contributed by atoms with Crippen molar-refractivity contribution in [2.24, 2.45) is 5.73 Å². The van der Waals surface area contributed by atoms with E-state index in [0.717, 1.165) is 0 Å². The zero-order valence-corrected chi connectivity index (χ0v) is 9.86. The van der Waals surface area contributed by atoms with Crippen LogP contribution >= 0.6 is 0 Å². The molecular formula is C12H17FN2O2. The van der Waals surface area contributed by atoms with Crippen molar-refractivity contribution in [2.45, 2.75) is 24.5 Å². The van der Waals surface area contributed by atoms with Gasteiger partial charge in [0.25, 0.3) is 0 Å². The summed E-state index contributed by atoms with van der Waals surface area (Å²) in [6.45, 7) is 1.23. The standard InChI is InChI=1S/C12H17FN2O2/c1-16-12(2-4-17-5-3-12)11(14)9-6-10(13)8-15-7-9/h6-8,11H,2-5,14H2,1H3. The van der Waals surface area contributed by atoms with Crippen LogP contribution in [0.25, 0.3) is 0 Å². The Balaban J connectivity index is 2.24. The Labute approximate surface area is 99.9 Å². The van der Waals surface area contributed by atoms with Crippen molar-refractivity contribution in [1.82, 2.24) is 4.98 Å². The van der Waals surface area contributed by atoms with Crippen LogP contribution in [-0.2, 0) is 9.47 Å². The maximum absolute atomic E-state index is 13.1. The first-order valence-corrected chi connectivity index (χ1v) is 5.67. The highest BCUT2D eigenvalue weighted by atomic mass is 19.1. The Morgan fingerprint density at radius 3 is 2.76 bits per heavy atom. The van der Waals surface area contributed by atoms with Crippen LogP contribution in [0.2, 0.25) is 0 Å². The Hall–Kier alpha value is -1.04. The summed E-state index contributed by atoms with van der Waals surface area (Å²) < 4.78 is 24.0. The molecule has 2 heterocycles. The summed E-state index contributed by atoms with van der Waals surface area (Å²) in [5.41, 5.74) is 6.38. The highest BCUT2D eigenvalue weighted by Gasteiger charge is 2.39. The van der Waals surface area contributed by atoms with Crippen molar-refractivity contribution >= 4 is 0 Å². The molecule has 1 aromatic rings. The molecule has 1 fully saturated rings. The van der Waals surface area contributed by atoms with Crippen molar-refractivity contribution in [3.63, 3.8) is 0 Å². The Kier molecular flexibility index (Phi) is 3.71. The van der Waals surface area contributed by atoms with Crippen LogP contribution in [0.3, 0.4) is 0 Å². The fraction of sp³-hybridized carbons (Fsp3) is 0.583. The SMILES string of the molecule is COC1(C(N)c2cncc(F)c2)CCOCC1. The first-order valence-electron chi connectivity index (χ1n) is 5.67. The number of aromatic nitrogens is 1. The fourth-order valence-electron chi connectivity index (χ4n) is 2.26. The van der Waals surface area contributed by atoms with E-state index >= 15 is 0 Å². The van der Waals surface area contributed by atoms with Gasteiger partial charge in [-0.2, -0.15) is 0 Å². The summed E-state index contributed by atoms with van der Waals surface area (Å²) >= 11 is 0. The van der Waals surface area contributed by atoms with Gasteiger partial charge in [-0.15, -0.1) is 0 Å². The molecule has 4 nitrogen and oxygen atoms in total. The van der Waals surface area contributed by atoms with Crippen molar-refractivity contribution < 1.29 is 13.9 Å². The molecule has 2 rings (SSSR count). The molecule has 0 saturated carbocycles. The molecule has 1 aliphatic heterocycles. The minimum atomic E-state index is -0.478. The molecule has 17 heavy (non-hydrogen) atoms. The normalized spacial score (nSPS) is 21.1. The van der Waals surface area contributed by atoms with Gasteiger partial charge in [-0.25, -0.2) is 4.39 Å². The van der Waals surface area contributed by atoms with E-state index in [1.54, 1.807) is 13.3 Å². The number of hydrogen-bond donors (Lipinski definition) is 1. The summed E-state index contributed by atoms with van der Waals surface area (Å²) in [6.07, 6.45) is 4.17. The van der Waals surface area contributed by atoms with Crippen molar-refractivity contribution in [2.75, 3.05) is 20.3 Å². The molecular weight excluding hydrogens is 223 g/mol. The number of nitrogens with zero attached hydrogens (tertiary/aromatic N) is 1.